The van der Waals surface area contributed by atoms with E-state index in [4.69, 9.17) is 34.8 Å². The van der Waals surface area contributed by atoms with Crippen LogP contribution in [-0.4, -0.2) is 12.3 Å². The number of benzene rings is 2. The van der Waals surface area contributed by atoms with E-state index in [0.717, 1.165) is 18.0 Å². The first-order valence-electron chi connectivity index (χ1n) is 9.38. The summed E-state index contributed by atoms with van der Waals surface area (Å²) < 4.78 is -1.49. The lowest BCUT2D eigenvalue weighted by Crippen LogP contribution is -2.19. The fourth-order valence-electron chi connectivity index (χ4n) is 3.11. The number of allylic oxidation sites excluding steroid dienone is 1. The maximum Gasteiger partial charge on any atom is 0.216 e. The van der Waals surface area contributed by atoms with E-state index >= 15 is 0 Å². The van der Waals surface area contributed by atoms with Gasteiger partial charge in [0, 0.05) is 28.6 Å². The van der Waals surface area contributed by atoms with Crippen LogP contribution in [0.5, 0.6) is 0 Å². The molecule has 2 nitrogen and oxygen atoms in total. The number of fused-ring (bicyclic) bond motifs is 1. The Morgan fingerprint density at radius 3 is 2.43 bits per heavy atom. The summed E-state index contributed by atoms with van der Waals surface area (Å²) in [5, 5.41) is 0.966. The monoisotopic (exact) mass is 453 g/mol. The molecular formula is C22H22Cl3NOS. The number of thioether (sulfide) groups is 1. The summed E-state index contributed by atoms with van der Waals surface area (Å²) in [6, 6.07) is 15.0. The van der Waals surface area contributed by atoms with E-state index in [9.17, 15) is 4.79 Å². The molecule has 0 saturated carbocycles. The van der Waals surface area contributed by atoms with Gasteiger partial charge in [-0.05, 0) is 18.6 Å². The summed E-state index contributed by atoms with van der Waals surface area (Å²) >= 11 is 19.3. The summed E-state index contributed by atoms with van der Waals surface area (Å²) in [5.74, 6) is -0.0512. The number of carbonyl (C=O) groups is 1. The van der Waals surface area contributed by atoms with Gasteiger partial charge in [0.15, 0.2) is 5.78 Å². The fourth-order valence-corrected chi connectivity index (χ4v) is 4.61. The molecule has 0 spiro atoms. The highest BCUT2D eigenvalue weighted by Crippen LogP contribution is 2.46. The second-order valence-electron chi connectivity index (χ2n) is 6.70. The molecule has 0 aliphatic carbocycles. The molecule has 1 aliphatic rings. The van der Waals surface area contributed by atoms with Crippen molar-refractivity contribution in [1.29, 1.82) is 0 Å². The molecule has 2 aromatic carbocycles. The van der Waals surface area contributed by atoms with Gasteiger partial charge < -0.3 is 4.90 Å². The lowest BCUT2D eigenvalue weighted by molar-refractivity contribution is 0.104. The Morgan fingerprint density at radius 2 is 1.75 bits per heavy atom. The van der Waals surface area contributed by atoms with Crippen molar-refractivity contribution < 1.29 is 4.79 Å². The first kappa shape index (κ1) is 21.6. The number of hydrogen-bond acceptors (Lipinski definition) is 3. The molecule has 28 heavy (non-hydrogen) atoms. The topological polar surface area (TPSA) is 20.3 Å². The van der Waals surface area contributed by atoms with Crippen LogP contribution in [0, 0.1) is 0 Å². The standard InChI is InChI=1S/C22H22Cl3NOS/c1-2-3-4-7-14-26-18-8-5-6-9-20(18)28-21(26)15-19(27)16-10-12-17(13-11-16)22(23,24)25/h5-6,8-13,15H,2-4,7,14H2,1H3. The number of anilines is 1. The summed E-state index contributed by atoms with van der Waals surface area (Å²) in [4.78, 5) is 16.3. The highest BCUT2D eigenvalue weighted by atomic mass is 35.6. The molecule has 0 aromatic heterocycles. The van der Waals surface area contributed by atoms with Gasteiger partial charge in [0.1, 0.15) is 0 Å². The van der Waals surface area contributed by atoms with Gasteiger partial charge in [-0.1, -0.05) is 109 Å². The van der Waals surface area contributed by atoms with Gasteiger partial charge in [0.05, 0.1) is 10.7 Å². The third kappa shape index (κ3) is 5.27. The van der Waals surface area contributed by atoms with Crippen LogP contribution in [-0.2, 0) is 3.79 Å². The van der Waals surface area contributed by atoms with Gasteiger partial charge in [0.2, 0.25) is 3.79 Å². The highest BCUT2D eigenvalue weighted by Gasteiger charge is 2.26. The maximum atomic E-state index is 12.8. The van der Waals surface area contributed by atoms with Crippen molar-refractivity contribution in [1.82, 2.24) is 0 Å². The summed E-state index contributed by atoms with van der Waals surface area (Å²) in [7, 11) is 0. The van der Waals surface area contributed by atoms with Crippen LogP contribution in [0.1, 0.15) is 48.5 Å². The van der Waals surface area contributed by atoms with Crippen molar-refractivity contribution in [3.63, 3.8) is 0 Å². The minimum atomic E-state index is -1.49. The molecule has 3 rings (SSSR count). The summed E-state index contributed by atoms with van der Waals surface area (Å²) in [6.07, 6.45) is 6.45. The van der Waals surface area contributed by atoms with Crippen LogP contribution in [0.4, 0.5) is 5.69 Å². The van der Waals surface area contributed by atoms with E-state index in [0.29, 0.717) is 11.1 Å². The predicted octanol–water partition coefficient (Wildman–Crippen LogP) is 7.73. The zero-order valence-corrected chi connectivity index (χ0v) is 18.7. The minimum absolute atomic E-state index is 0.0512. The second-order valence-corrected chi connectivity index (χ2v) is 10.0. The molecule has 0 N–H and O–H groups in total. The normalized spacial score (nSPS) is 15.1. The number of carbonyl (C=O) groups excluding carboxylic acids is 1. The highest BCUT2D eigenvalue weighted by molar-refractivity contribution is 8.03. The largest absolute Gasteiger partial charge is 0.335 e. The second kappa shape index (κ2) is 9.58. The number of ketones is 1. The van der Waals surface area contributed by atoms with E-state index in [1.165, 1.54) is 29.8 Å². The van der Waals surface area contributed by atoms with Crippen molar-refractivity contribution in [2.24, 2.45) is 0 Å². The minimum Gasteiger partial charge on any atom is -0.335 e. The van der Waals surface area contributed by atoms with E-state index in [1.54, 1.807) is 42.1 Å². The molecule has 0 amide bonds. The van der Waals surface area contributed by atoms with Crippen molar-refractivity contribution in [2.45, 2.75) is 41.3 Å². The van der Waals surface area contributed by atoms with Gasteiger partial charge in [-0.25, -0.2) is 0 Å². The first-order valence-corrected chi connectivity index (χ1v) is 11.3. The average Bonchev–Trinajstić information content (AvgIpc) is 3.02. The van der Waals surface area contributed by atoms with E-state index in [-0.39, 0.29) is 5.78 Å². The van der Waals surface area contributed by atoms with Gasteiger partial charge in [0.25, 0.3) is 0 Å². The Bertz CT molecular complexity index is 859. The molecule has 0 unspecified atom stereocenters. The van der Waals surface area contributed by atoms with E-state index in [2.05, 4.69) is 24.0 Å². The molecule has 148 valence electrons. The SMILES string of the molecule is CCCCCCN1C(=CC(=O)c2ccc(C(Cl)(Cl)Cl)cc2)Sc2ccccc21. The third-order valence-corrected chi connectivity index (χ3v) is 6.39. The molecular weight excluding hydrogens is 433 g/mol. The van der Waals surface area contributed by atoms with Crippen LogP contribution in [0.25, 0.3) is 0 Å². The summed E-state index contributed by atoms with van der Waals surface area (Å²) in [6.45, 7) is 3.12. The number of alkyl halides is 3. The zero-order chi connectivity index (χ0) is 20.1. The van der Waals surface area contributed by atoms with Crippen molar-refractivity contribution >= 4 is 58.0 Å². The third-order valence-electron chi connectivity index (χ3n) is 4.62. The van der Waals surface area contributed by atoms with E-state index in [1.807, 2.05) is 12.1 Å². The fraction of sp³-hybridized carbons (Fsp3) is 0.318. The average molecular weight is 455 g/mol. The van der Waals surface area contributed by atoms with Gasteiger partial charge in [-0.15, -0.1) is 0 Å². The Hall–Kier alpha value is -1.13. The number of para-hydroxylation sites is 1. The Balaban J connectivity index is 1.79. The molecule has 6 heteroatoms. The van der Waals surface area contributed by atoms with E-state index < -0.39 is 3.79 Å². The molecule has 0 bridgehead atoms. The smallest absolute Gasteiger partial charge is 0.216 e. The zero-order valence-electron chi connectivity index (χ0n) is 15.6. The van der Waals surface area contributed by atoms with Gasteiger partial charge in [-0.2, -0.15) is 0 Å². The molecule has 1 aliphatic heterocycles. The maximum absolute atomic E-state index is 12.8. The van der Waals surface area contributed by atoms with Gasteiger partial charge in [-0.3, -0.25) is 4.79 Å². The van der Waals surface area contributed by atoms with Crippen LogP contribution in [0.15, 0.2) is 64.5 Å². The van der Waals surface area contributed by atoms with Crippen LogP contribution in [0.2, 0.25) is 0 Å². The van der Waals surface area contributed by atoms with Crippen LogP contribution >= 0.6 is 46.6 Å². The Labute approximate surface area is 185 Å². The Morgan fingerprint density at radius 1 is 1.04 bits per heavy atom. The summed E-state index contributed by atoms with van der Waals surface area (Å²) in [5.41, 5.74) is 2.30. The lowest BCUT2D eigenvalue weighted by atomic mass is 10.1. The number of halogens is 3. The van der Waals surface area contributed by atoms with Gasteiger partial charge >= 0.3 is 0 Å². The van der Waals surface area contributed by atoms with Crippen molar-refractivity contribution in [3.05, 3.63) is 70.8 Å². The molecule has 0 radical (unpaired) electrons. The quantitative estimate of drug-likeness (QED) is 0.185. The molecule has 0 fully saturated rings. The lowest BCUT2D eigenvalue weighted by Gasteiger charge is -2.20. The first-order chi connectivity index (χ1) is 13.4. The number of unbranched alkanes of at least 4 members (excludes halogenated alkanes) is 3. The predicted molar refractivity (Wildman–Crippen MR) is 122 cm³/mol. The number of rotatable bonds is 7. The van der Waals surface area contributed by atoms with Crippen LogP contribution < -0.4 is 4.90 Å². The molecule has 2 aromatic rings. The Kier molecular flexibility index (Phi) is 7.38. The van der Waals surface area contributed by atoms with Crippen molar-refractivity contribution in [3.8, 4) is 0 Å². The molecule has 0 saturated heterocycles. The number of nitrogens with zero attached hydrogens (tertiary/aromatic N) is 1. The molecule has 1 heterocycles. The molecule has 0 atom stereocenters. The number of hydrogen-bond donors (Lipinski definition) is 0. The van der Waals surface area contributed by atoms with Crippen LogP contribution in [0.3, 0.4) is 0 Å². The van der Waals surface area contributed by atoms with Crippen molar-refractivity contribution in [2.75, 3.05) is 11.4 Å².